The summed E-state index contributed by atoms with van der Waals surface area (Å²) in [6, 6.07) is -0.0199. The SMILES string of the molecule is Cc1nn(C(C)(C)C)cc1C(C)Nc1cncc(C(N)=O)n1. The van der Waals surface area contributed by atoms with Crippen LogP contribution in [0.25, 0.3) is 0 Å². The van der Waals surface area contributed by atoms with Gasteiger partial charge < -0.3 is 11.1 Å². The van der Waals surface area contributed by atoms with Crippen LogP contribution in [0.3, 0.4) is 0 Å². The minimum atomic E-state index is -0.597. The Balaban J connectivity index is 2.22. The maximum atomic E-state index is 11.2. The zero-order chi connectivity index (χ0) is 16.5. The van der Waals surface area contributed by atoms with E-state index in [1.807, 2.05) is 24.7 Å². The number of carbonyl (C=O) groups is 1. The quantitative estimate of drug-likeness (QED) is 0.900. The first-order chi connectivity index (χ1) is 10.2. The van der Waals surface area contributed by atoms with E-state index in [9.17, 15) is 4.79 Å². The highest BCUT2D eigenvalue weighted by atomic mass is 16.1. The smallest absolute Gasteiger partial charge is 0.268 e. The van der Waals surface area contributed by atoms with Crippen LogP contribution in [0, 0.1) is 6.92 Å². The van der Waals surface area contributed by atoms with Crippen molar-refractivity contribution in [3.05, 3.63) is 35.5 Å². The largest absolute Gasteiger partial charge is 0.364 e. The summed E-state index contributed by atoms with van der Waals surface area (Å²) in [5.41, 5.74) is 7.30. The highest BCUT2D eigenvalue weighted by molar-refractivity contribution is 5.90. The summed E-state index contributed by atoms with van der Waals surface area (Å²) >= 11 is 0. The number of amides is 1. The Labute approximate surface area is 130 Å². The molecule has 1 amide bonds. The van der Waals surface area contributed by atoms with Gasteiger partial charge in [0.15, 0.2) is 0 Å². The summed E-state index contributed by atoms with van der Waals surface area (Å²) in [7, 11) is 0. The van der Waals surface area contributed by atoms with Crippen molar-refractivity contribution in [2.45, 2.75) is 46.2 Å². The van der Waals surface area contributed by atoms with Crippen molar-refractivity contribution in [2.75, 3.05) is 5.32 Å². The van der Waals surface area contributed by atoms with Crippen LogP contribution in [-0.2, 0) is 5.54 Å². The second-order valence-electron chi connectivity index (χ2n) is 6.31. The van der Waals surface area contributed by atoms with E-state index in [4.69, 9.17) is 5.73 Å². The Morgan fingerprint density at radius 2 is 2.05 bits per heavy atom. The number of nitrogens with one attached hydrogen (secondary N) is 1. The third kappa shape index (κ3) is 3.41. The molecule has 0 saturated carbocycles. The van der Waals surface area contributed by atoms with E-state index in [1.54, 1.807) is 6.20 Å². The fourth-order valence-electron chi connectivity index (χ4n) is 2.10. The highest BCUT2D eigenvalue weighted by Gasteiger charge is 2.19. The van der Waals surface area contributed by atoms with Crippen molar-refractivity contribution < 1.29 is 4.79 Å². The van der Waals surface area contributed by atoms with Gasteiger partial charge in [-0.05, 0) is 34.6 Å². The molecule has 2 aromatic heterocycles. The lowest BCUT2D eigenvalue weighted by Gasteiger charge is -2.19. The van der Waals surface area contributed by atoms with Gasteiger partial charge in [-0.3, -0.25) is 14.5 Å². The second-order valence-corrected chi connectivity index (χ2v) is 6.31. The molecule has 0 radical (unpaired) electrons. The van der Waals surface area contributed by atoms with Crippen molar-refractivity contribution in [3.8, 4) is 0 Å². The predicted molar refractivity (Wildman–Crippen MR) is 84.5 cm³/mol. The Morgan fingerprint density at radius 3 is 2.59 bits per heavy atom. The molecule has 7 heteroatoms. The molecule has 0 aromatic carbocycles. The van der Waals surface area contributed by atoms with Crippen molar-refractivity contribution in [1.82, 2.24) is 19.7 Å². The van der Waals surface area contributed by atoms with Crippen LogP contribution >= 0.6 is 0 Å². The second kappa shape index (κ2) is 5.75. The molecular weight excluding hydrogens is 280 g/mol. The number of rotatable bonds is 4. The van der Waals surface area contributed by atoms with Crippen molar-refractivity contribution in [3.63, 3.8) is 0 Å². The molecule has 22 heavy (non-hydrogen) atoms. The zero-order valence-corrected chi connectivity index (χ0v) is 13.6. The number of aryl methyl sites for hydroxylation is 1. The molecule has 2 aromatic rings. The number of hydrogen-bond donors (Lipinski definition) is 2. The van der Waals surface area contributed by atoms with Gasteiger partial charge in [-0.25, -0.2) is 4.98 Å². The average molecular weight is 302 g/mol. The van der Waals surface area contributed by atoms with Crippen LogP contribution in [0.2, 0.25) is 0 Å². The Kier molecular flexibility index (Phi) is 4.16. The van der Waals surface area contributed by atoms with Gasteiger partial charge in [0.1, 0.15) is 11.5 Å². The van der Waals surface area contributed by atoms with Crippen molar-refractivity contribution >= 4 is 11.7 Å². The third-order valence-electron chi connectivity index (χ3n) is 3.34. The van der Waals surface area contributed by atoms with Crippen molar-refractivity contribution in [2.24, 2.45) is 5.73 Å². The summed E-state index contributed by atoms with van der Waals surface area (Å²) in [6.45, 7) is 10.3. The first-order valence-corrected chi connectivity index (χ1v) is 7.13. The summed E-state index contributed by atoms with van der Waals surface area (Å²) in [6.07, 6.45) is 4.94. The van der Waals surface area contributed by atoms with E-state index in [0.29, 0.717) is 5.82 Å². The van der Waals surface area contributed by atoms with Gasteiger partial charge >= 0.3 is 0 Å². The normalized spacial score (nSPS) is 13.0. The number of nitrogens with zero attached hydrogens (tertiary/aromatic N) is 4. The molecular formula is C15H22N6O. The number of hydrogen-bond acceptors (Lipinski definition) is 5. The summed E-state index contributed by atoms with van der Waals surface area (Å²) < 4.78 is 1.95. The molecule has 3 N–H and O–H groups in total. The number of anilines is 1. The molecule has 0 fully saturated rings. The molecule has 0 aliphatic heterocycles. The van der Waals surface area contributed by atoms with E-state index in [0.717, 1.165) is 11.3 Å². The van der Waals surface area contributed by atoms with Crippen LogP contribution in [-0.4, -0.2) is 25.7 Å². The molecule has 1 atom stereocenters. The van der Waals surface area contributed by atoms with Gasteiger partial charge in [0.05, 0.1) is 29.7 Å². The van der Waals surface area contributed by atoms with Gasteiger partial charge in [0.25, 0.3) is 5.91 Å². The lowest BCUT2D eigenvalue weighted by atomic mass is 10.1. The molecule has 0 saturated heterocycles. The highest BCUT2D eigenvalue weighted by Crippen LogP contribution is 2.23. The Bertz CT molecular complexity index is 686. The number of aromatic nitrogens is 4. The van der Waals surface area contributed by atoms with Crippen LogP contribution in [0.4, 0.5) is 5.82 Å². The molecule has 0 spiro atoms. The van der Waals surface area contributed by atoms with Crippen LogP contribution in [0.1, 0.15) is 55.5 Å². The lowest BCUT2D eigenvalue weighted by molar-refractivity contribution is 0.0995. The van der Waals surface area contributed by atoms with Gasteiger partial charge in [-0.2, -0.15) is 5.10 Å². The van der Waals surface area contributed by atoms with E-state index in [1.165, 1.54) is 6.20 Å². The molecule has 0 aliphatic rings. The van der Waals surface area contributed by atoms with Gasteiger partial charge in [0, 0.05) is 11.8 Å². The molecule has 0 bridgehead atoms. The zero-order valence-electron chi connectivity index (χ0n) is 13.6. The van der Waals surface area contributed by atoms with E-state index in [-0.39, 0.29) is 17.3 Å². The average Bonchev–Trinajstić information content (AvgIpc) is 2.81. The maximum absolute atomic E-state index is 11.2. The standard InChI is InChI=1S/C15H22N6O/c1-9(11-8-21(15(3,4)5)20-10(11)2)18-13-7-17-6-12(19-13)14(16)22/h6-9H,1-5H3,(H2,16,22)(H,18,19). The number of carbonyl (C=O) groups excluding carboxylic acids is 1. The molecule has 118 valence electrons. The van der Waals surface area contributed by atoms with Gasteiger partial charge in [0.2, 0.25) is 0 Å². The molecule has 0 aliphatic carbocycles. The molecule has 2 rings (SSSR count). The first kappa shape index (κ1) is 15.9. The first-order valence-electron chi connectivity index (χ1n) is 7.13. The predicted octanol–water partition coefficient (Wildman–Crippen LogP) is 2.01. The topological polar surface area (TPSA) is 98.7 Å². The van der Waals surface area contributed by atoms with Crippen LogP contribution in [0.5, 0.6) is 0 Å². The molecule has 7 nitrogen and oxygen atoms in total. The van der Waals surface area contributed by atoms with Gasteiger partial charge in [-0.1, -0.05) is 0 Å². The summed E-state index contributed by atoms with van der Waals surface area (Å²) in [5, 5.41) is 7.78. The summed E-state index contributed by atoms with van der Waals surface area (Å²) in [5.74, 6) is -0.0905. The lowest BCUT2D eigenvalue weighted by Crippen LogP contribution is -2.22. The Hall–Kier alpha value is -2.44. The molecule has 2 heterocycles. The summed E-state index contributed by atoms with van der Waals surface area (Å²) in [4.78, 5) is 19.3. The Morgan fingerprint density at radius 1 is 1.36 bits per heavy atom. The number of nitrogens with two attached hydrogens (primary N) is 1. The minimum Gasteiger partial charge on any atom is -0.364 e. The fourth-order valence-corrected chi connectivity index (χ4v) is 2.10. The van der Waals surface area contributed by atoms with Crippen molar-refractivity contribution in [1.29, 1.82) is 0 Å². The monoisotopic (exact) mass is 302 g/mol. The van der Waals surface area contributed by atoms with E-state index in [2.05, 4.69) is 41.2 Å². The fraction of sp³-hybridized carbons (Fsp3) is 0.467. The number of primary amides is 1. The third-order valence-corrected chi connectivity index (χ3v) is 3.34. The molecule has 1 unspecified atom stereocenters. The minimum absolute atomic E-state index is 0.0199. The van der Waals surface area contributed by atoms with E-state index < -0.39 is 5.91 Å². The van der Waals surface area contributed by atoms with Gasteiger partial charge in [-0.15, -0.1) is 0 Å². The van der Waals surface area contributed by atoms with Crippen LogP contribution in [0.15, 0.2) is 18.6 Å². The van der Waals surface area contributed by atoms with E-state index >= 15 is 0 Å². The maximum Gasteiger partial charge on any atom is 0.268 e. The van der Waals surface area contributed by atoms with Crippen LogP contribution < -0.4 is 11.1 Å².